The van der Waals surface area contributed by atoms with Crippen molar-refractivity contribution in [2.45, 2.75) is 13.5 Å². The van der Waals surface area contributed by atoms with E-state index in [0.29, 0.717) is 23.0 Å². The zero-order chi connectivity index (χ0) is 28.3. The molecule has 1 saturated heterocycles. The minimum absolute atomic E-state index is 0.198. The SMILES string of the molecule is Cc1cc(CN2CCN(C)CC2)cc(NC(=O)c2cccc(Oc3nc(-c4ccncc4)nc4ccn(C)c34)c2)c1. The first-order chi connectivity index (χ1) is 19.9. The van der Waals surface area contributed by atoms with Crippen LogP contribution >= 0.6 is 0 Å². The standard InChI is InChI=1S/C32H33N7O2/c1-22-17-23(21-39-15-13-37(2)14-16-39)19-26(18-22)34-31(40)25-5-4-6-27(20-25)41-32-29-28(9-12-38(29)3)35-30(36-32)24-7-10-33-11-8-24/h4-12,17-20H,13-16,21H2,1-3H3,(H,34,40). The molecular formula is C32H33N7O2. The number of hydrogen-bond acceptors (Lipinski definition) is 7. The fourth-order valence-corrected chi connectivity index (χ4v) is 5.16. The zero-order valence-electron chi connectivity index (χ0n) is 23.5. The third kappa shape index (κ3) is 6.11. The molecule has 1 amide bonds. The van der Waals surface area contributed by atoms with Crippen molar-refractivity contribution in [3.8, 4) is 23.0 Å². The maximum absolute atomic E-state index is 13.3. The Hall–Kier alpha value is -4.60. The smallest absolute Gasteiger partial charge is 0.255 e. The second-order valence-electron chi connectivity index (χ2n) is 10.6. The summed E-state index contributed by atoms with van der Waals surface area (Å²) >= 11 is 0. The van der Waals surface area contributed by atoms with E-state index < -0.39 is 0 Å². The number of aromatic nitrogens is 4. The molecule has 9 heteroatoms. The highest BCUT2D eigenvalue weighted by Gasteiger charge is 2.17. The maximum Gasteiger partial charge on any atom is 0.255 e. The number of amides is 1. The molecule has 1 N–H and O–H groups in total. The van der Waals surface area contributed by atoms with Crippen LogP contribution in [0.15, 0.2) is 79.3 Å². The van der Waals surface area contributed by atoms with Gasteiger partial charge in [0.05, 0.1) is 5.52 Å². The van der Waals surface area contributed by atoms with Gasteiger partial charge in [-0.3, -0.25) is 14.7 Å². The van der Waals surface area contributed by atoms with Gasteiger partial charge in [0.15, 0.2) is 5.82 Å². The summed E-state index contributed by atoms with van der Waals surface area (Å²) in [5, 5.41) is 3.08. The second-order valence-corrected chi connectivity index (χ2v) is 10.6. The van der Waals surface area contributed by atoms with Crippen LogP contribution in [-0.2, 0) is 13.6 Å². The first-order valence-electron chi connectivity index (χ1n) is 13.8. The minimum Gasteiger partial charge on any atom is -0.437 e. The lowest BCUT2D eigenvalue weighted by molar-refractivity contribution is 0.102. The second kappa shape index (κ2) is 11.5. The van der Waals surface area contributed by atoms with Crippen LogP contribution in [0, 0.1) is 6.92 Å². The molecule has 0 spiro atoms. The number of rotatable bonds is 7. The average molecular weight is 548 g/mol. The van der Waals surface area contributed by atoms with Crippen molar-refractivity contribution < 1.29 is 9.53 Å². The number of carbonyl (C=O) groups excluding carboxylic acids is 1. The van der Waals surface area contributed by atoms with E-state index in [0.717, 1.165) is 60.6 Å². The molecule has 0 aliphatic carbocycles. The van der Waals surface area contributed by atoms with Crippen molar-refractivity contribution in [3.63, 3.8) is 0 Å². The molecule has 0 unspecified atom stereocenters. The Kier molecular flexibility index (Phi) is 7.45. The van der Waals surface area contributed by atoms with Gasteiger partial charge in [0.2, 0.25) is 5.88 Å². The highest BCUT2D eigenvalue weighted by molar-refractivity contribution is 6.04. The summed E-state index contributed by atoms with van der Waals surface area (Å²) in [7, 11) is 4.09. The number of ether oxygens (including phenoxy) is 1. The number of anilines is 1. The lowest BCUT2D eigenvalue weighted by Gasteiger charge is -2.32. The van der Waals surface area contributed by atoms with Gasteiger partial charge in [-0.15, -0.1) is 0 Å². The van der Waals surface area contributed by atoms with Crippen molar-refractivity contribution in [2.24, 2.45) is 7.05 Å². The molecule has 6 rings (SSSR count). The van der Waals surface area contributed by atoms with Gasteiger partial charge < -0.3 is 19.5 Å². The molecule has 3 aromatic heterocycles. The Morgan fingerprint density at radius 1 is 0.951 bits per heavy atom. The van der Waals surface area contributed by atoms with E-state index in [1.807, 2.05) is 54.2 Å². The quantitative estimate of drug-likeness (QED) is 0.302. The van der Waals surface area contributed by atoms with E-state index in [2.05, 4.69) is 46.2 Å². The van der Waals surface area contributed by atoms with Crippen LogP contribution in [0.25, 0.3) is 22.4 Å². The van der Waals surface area contributed by atoms with Crippen molar-refractivity contribution in [2.75, 3.05) is 38.5 Å². The predicted molar refractivity (Wildman–Crippen MR) is 160 cm³/mol. The van der Waals surface area contributed by atoms with Gasteiger partial charge in [-0.2, -0.15) is 4.98 Å². The van der Waals surface area contributed by atoms with Gasteiger partial charge in [0, 0.05) is 75.2 Å². The number of nitrogens with one attached hydrogen (secondary N) is 1. The van der Waals surface area contributed by atoms with Crippen LogP contribution in [0.2, 0.25) is 0 Å². The monoisotopic (exact) mass is 547 g/mol. The minimum atomic E-state index is -0.198. The molecule has 1 aliphatic rings. The van der Waals surface area contributed by atoms with E-state index in [4.69, 9.17) is 14.7 Å². The van der Waals surface area contributed by atoms with Crippen LogP contribution in [0.3, 0.4) is 0 Å². The van der Waals surface area contributed by atoms with Crippen molar-refractivity contribution >= 4 is 22.6 Å². The maximum atomic E-state index is 13.3. The molecule has 1 fully saturated rings. The fraction of sp³-hybridized carbons (Fsp3) is 0.250. The third-order valence-electron chi connectivity index (χ3n) is 7.33. The molecule has 2 aromatic carbocycles. The number of fused-ring (bicyclic) bond motifs is 1. The number of pyridine rings is 1. The Morgan fingerprint density at radius 2 is 1.76 bits per heavy atom. The number of benzene rings is 2. The largest absolute Gasteiger partial charge is 0.437 e. The van der Waals surface area contributed by atoms with Crippen LogP contribution in [0.5, 0.6) is 11.6 Å². The van der Waals surface area contributed by atoms with E-state index in [9.17, 15) is 4.79 Å². The lowest BCUT2D eigenvalue weighted by Crippen LogP contribution is -2.43. The summed E-state index contributed by atoms with van der Waals surface area (Å²) in [6.07, 6.45) is 5.34. The van der Waals surface area contributed by atoms with E-state index >= 15 is 0 Å². The normalized spacial score (nSPS) is 14.3. The molecule has 41 heavy (non-hydrogen) atoms. The summed E-state index contributed by atoms with van der Waals surface area (Å²) in [5.74, 6) is 1.27. The molecule has 208 valence electrons. The summed E-state index contributed by atoms with van der Waals surface area (Å²) in [6, 6.07) is 19.1. The molecule has 0 radical (unpaired) electrons. The van der Waals surface area contributed by atoms with Crippen molar-refractivity contribution in [3.05, 3.63) is 95.9 Å². The topological polar surface area (TPSA) is 88.4 Å². The Morgan fingerprint density at radius 3 is 2.56 bits per heavy atom. The van der Waals surface area contributed by atoms with E-state index in [1.54, 1.807) is 24.5 Å². The first kappa shape index (κ1) is 26.6. The summed E-state index contributed by atoms with van der Waals surface area (Å²) in [5.41, 5.74) is 5.97. The summed E-state index contributed by atoms with van der Waals surface area (Å²) in [6.45, 7) is 7.17. The van der Waals surface area contributed by atoms with Gasteiger partial charge >= 0.3 is 0 Å². The number of likely N-dealkylation sites (N-methyl/N-ethyl adjacent to an activating group) is 1. The fourth-order valence-electron chi connectivity index (χ4n) is 5.16. The third-order valence-corrected chi connectivity index (χ3v) is 7.33. The van der Waals surface area contributed by atoms with Crippen LogP contribution in [-0.4, -0.2) is 68.5 Å². The Balaban J connectivity index is 1.22. The van der Waals surface area contributed by atoms with Crippen LogP contribution in [0.1, 0.15) is 21.5 Å². The average Bonchev–Trinajstić information content (AvgIpc) is 3.35. The summed E-state index contributed by atoms with van der Waals surface area (Å²) in [4.78, 5) is 31.6. The summed E-state index contributed by atoms with van der Waals surface area (Å²) < 4.78 is 8.21. The van der Waals surface area contributed by atoms with Gasteiger partial charge in [0.25, 0.3) is 5.91 Å². The number of nitrogens with zero attached hydrogens (tertiary/aromatic N) is 6. The van der Waals surface area contributed by atoms with E-state index in [-0.39, 0.29) is 5.91 Å². The number of piperazine rings is 1. The number of carbonyl (C=O) groups is 1. The predicted octanol–water partition coefficient (Wildman–Crippen LogP) is 5.13. The van der Waals surface area contributed by atoms with Crippen LogP contribution in [0.4, 0.5) is 5.69 Å². The first-order valence-corrected chi connectivity index (χ1v) is 13.8. The highest BCUT2D eigenvalue weighted by Crippen LogP contribution is 2.31. The Labute approximate surface area is 239 Å². The molecule has 0 bridgehead atoms. The van der Waals surface area contributed by atoms with E-state index in [1.165, 1.54) is 5.56 Å². The molecule has 9 nitrogen and oxygen atoms in total. The molecule has 4 heterocycles. The number of hydrogen-bond donors (Lipinski definition) is 1. The Bertz CT molecular complexity index is 1690. The molecular weight excluding hydrogens is 514 g/mol. The van der Waals surface area contributed by atoms with Gasteiger partial charge in [-0.25, -0.2) is 4.98 Å². The zero-order valence-corrected chi connectivity index (χ0v) is 23.5. The van der Waals surface area contributed by atoms with Crippen LogP contribution < -0.4 is 10.1 Å². The highest BCUT2D eigenvalue weighted by atomic mass is 16.5. The molecule has 0 saturated carbocycles. The number of aryl methyl sites for hydroxylation is 2. The van der Waals surface area contributed by atoms with Gasteiger partial charge in [-0.1, -0.05) is 12.1 Å². The molecule has 0 atom stereocenters. The van der Waals surface area contributed by atoms with Gasteiger partial charge in [-0.05, 0) is 73.6 Å². The van der Waals surface area contributed by atoms with Gasteiger partial charge in [0.1, 0.15) is 11.3 Å². The molecule has 5 aromatic rings. The lowest BCUT2D eigenvalue weighted by atomic mass is 10.1. The van der Waals surface area contributed by atoms with Crippen molar-refractivity contribution in [1.29, 1.82) is 0 Å². The molecule has 1 aliphatic heterocycles. The van der Waals surface area contributed by atoms with Crippen molar-refractivity contribution in [1.82, 2.24) is 29.3 Å².